The first-order chi connectivity index (χ1) is 16.6. The Morgan fingerprint density at radius 1 is 1.11 bits per heavy atom. The summed E-state index contributed by atoms with van der Waals surface area (Å²) in [4.78, 5) is 14.9. The number of carbonyl (C=O) groups excluding carboxylic acids is 1. The highest BCUT2D eigenvalue weighted by molar-refractivity contribution is 7.91. The fourth-order valence-corrected chi connectivity index (χ4v) is 6.38. The Balaban J connectivity index is 1.56. The van der Waals surface area contributed by atoms with Gasteiger partial charge in [0.2, 0.25) is 0 Å². The lowest BCUT2D eigenvalue weighted by molar-refractivity contribution is -0.140. The normalized spacial score (nSPS) is 17.7. The zero-order chi connectivity index (χ0) is 25.2. The van der Waals surface area contributed by atoms with Crippen LogP contribution in [0.15, 0.2) is 66.7 Å². The van der Waals surface area contributed by atoms with Crippen LogP contribution in [0, 0.1) is 5.82 Å². The van der Waals surface area contributed by atoms with Gasteiger partial charge < -0.3 is 9.64 Å². The molecule has 35 heavy (non-hydrogen) atoms. The average molecular weight is 536 g/mol. The van der Waals surface area contributed by atoms with Crippen LogP contribution < -0.4 is 4.74 Å². The van der Waals surface area contributed by atoms with Crippen molar-refractivity contribution in [2.24, 2.45) is 0 Å². The first-order valence-corrected chi connectivity index (χ1v) is 13.7. The van der Waals surface area contributed by atoms with Gasteiger partial charge in [-0.05, 0) is 48.7 Å². The molecule has 0 bridgehead atoms. The van der Waals surface area contributed by atoms with E-state index in [9.17, 15) is 17.6 Å². The molecule has 1 aliphatic heterocycles. The Labute approximate surface area is 214 Å². The summed E-state index contributed by atoms with van der Waals surface area (Å²) < 4.78 is 43.9. The van der Waals surface area contributed by atoms with E-state index < -0.39 is 33.7 Å². The molecule has 0 aliphatic carbocycles. The van der Waals surface area contributed by atoms with Crippen LogP contribution in [0.5, 0.6) is 5.75 Å². The van der Waals surface area contributed by atoms with Gasteiger partial charge >= 0.3 is 0 Å². The number of carbonyl (C=O) groups is 1. The molecule has 0 radical (unpaired) electrons. The minimum atomic E-state index is -3.23. The van der Waals surface area contributed by atoms with Crippen LogP contribution in [0.2, 0.25) is 10.0 Å². The Hall–Kier alpha value is -2.61. The Bertz CT molecular complexity index is 1330. The monoisotopic (exact) mass is 535 g/mol. The predicted octanol–water partition coefficient (Wildman–Crippen LogP) is 5.78. The molecular weight excluding hydrogens is 512 g/mol. The number of ether oxygens (including phenoxy) is 1. The Morgan fingerprint density at radius 2 is 1.83 bits per heavy atom. The zero-order valence-corrected chi connectivity index (χ0v) is 21.3. The van der Waals surface area contributed by atoms with E-state index in [1.54, 1.807) is 18.2 Å². The maximum atomic E-state index is 14.0. The summed E-state index contributed by atoms with van der Waals surface area (Å²) in [7, 11) is -3.23. The molecular formula is C26H24Cl2FNO4S. The third kappa shape index (κ3) is 6.15. The van der Waals surface area contributed by atoms with E-state index in [0.717, 1.165) is 16.7 Å². The largest absolute Gasteiger partial charge is 0.478 e. The maximum absolute atomic E-state index is 14.0. The molecule has 0 saturated carbocycles. The third-order valence-corrected chi connectivity index (χ3v) is 8.27. The van der Waals surface area contributed by atoms with E-state index in [-0.39, 0.29) is 23.8 Å². The summed E-state index contributed by atoms with van der Waals surface area (Å²) in [5, 5.41) is 1.07. The first kappa shape index (κ1) is 25.5. The van der Waals surface area contributed by atoms with Crippen molar-refractivity contribution in [2.75, 3.05) is 11.5 Å². The van der Waals surface area contributed by atoms with Gasteiger partial charge in [0.25, 0.3) is 5.91 Å². The van der Waals surface area contributed by atoms with Gasteiger partial charge in [-0.15, -0.1) is 0 Å². The number of benzene rings is 3. The van der Waals surface area contributed by atoms with Gasteiger partial charge in [0.05, 0.1) is 11.5 Å². The van der Waals surface area contributed by atoms with E-state index >= 15 is 0 Å². The Morgan fingerprint density at radius 3 is 2.46 bits per heavy atom. The average Bonchev–Trinajstić information content (AvgIpc) is 3.18. The molecule has 1 fully saturated rings. The highest BCUT2D eigenvalue weighted by Gasteiger charge is 2.36. The van der Waals surface area contributed by atoms with Gasteiger partial charge in [0.15, 0.2) is 27.5 Å². The minimum Gasteiger partial charge on any atom is -0.478 e. The lowest BCUT2D eigenvalue weighted by atomic mass is 10.0. The molecule has 2 atom stereocenters. The third-order valence-electron chi connectivity index (χ3n) is 5.97. The molecule has 184 valence electrons. The van der Waals surface area contributed by atoms with Crippen molar-refractivity contribution in [3.8, 4) is 16.9 Å². The van der Waals surface area contributed by atoms with Crippen molar-refractivity contribution in [2.45, 2.75) is 32.0 Å². The van der Waals surface area contributed by atoms with Gasteiger partial charge in [0.1, 0.15) is 0 Å². The zero-order valence-electron chi connectivity index (χ0n) is 19.0. The van der Waals surface area contributed by atoms with Crippen LogP contribution >= 0.6 is 23.2 Å². The van der Waals surface area contributed by atoms with E-state index in [2.05, 4.69) is 0 Å². The molecule has 4 rings (SSSR count). The number of para-hydroxylation sites is 1. The van der Waals surface area contributed by atoms with Crippen LogP contribution in [0.1, 0.15) is 18.9 Å². The van der Waals surface area contributed by atoms with Crippen LogP contribution in [-0.2, 0) is 21.2 Å². The van der Waals surface area contributed by atoms with E-state index in [1.165, 1.54) is 30.0 Å². The van der Waals surface area contributed by atoms with Crippen LogP contribution in [0.4, 0.5) is 4.39 Å². The lowest BCUT2D eigenvalue weighted by Gasteiger charge is -2.31. The summed E-state index contributed by atoms with van der Waals surface area (Å²) >= 11 is 12.3. The van der Waals surface area contributed by atoms with Crippen molar-refractivity contribution in [3.63, 3.8) is 0 Å². The number of rotatable bonds is 7. The van der Waals surface area contributed by atoms with Crippen molar-refractivity contribution in [1.82, 2.24) is 4.90 Å². The molecule has 3 aromatic carbocycles. The molecule has 5 nitrogen and oxygen atoms in total. The smallest absolute Gasteiger partial charge is 0.263 e. The summed E-state index contributed by atoms with van der Waals surface area (Å²) in [6.45, 7) is 1.73. The van der Waals surface area contributed by atoms with E-state index in [4.69, 9.17) is 27.9 Å². The van der Waals surface area contributed by atoms with Crippen molar-refractivity contribution in [3.05, 3.63) is 88.2 Å². The molecule has 0 aromatic heterocycles. The van der Waals surface area contributed by atoms with Gasteiger partial charge in [-0.3, -0.25) is 4.79 Å². The molecule has 1 saturated heterocycles. The van der Waals surface area contributed by atoms with Crippen molar-refractivity contribution in [1.29, 1.82) is 0 Å². The fourth-order valence-electron chi connectivity index (χ4n) is 4.13. The molecule has 3 aromatic rings. The molecule has 9 heteroatoms. The topological polar surface area (TPSA) is 63.7 Å². The molecule has 1 aliphatic rings. The quantitative estimate of drug-likeness (QED) is 0.384. The van der Waals surface area contributed by atoms with E-state index in [1.807, 2.05) is 30.3 Å². The van der Waals surface area contributed by atoms with Crippen LogP contribution in [0.25, 0.3) is 11.1 Å². The lowest BCUT2D eigenvalue weighted by Crippen LogP contribution is -2.46. The van der Waals surface area contributed by atoms with E-state index in [0.29, 0.717) is 16.5 Å². The van der Waals surface area contributed by atoms with Crippen LogP contribution in [0.3, 0.4) is 0 Å². The first-order valence-electron chi connectivity index (χ1n) is 11.1. The van der Waals surface area contributed by atoms with Crippen molar-refractivity contribution >= 4 is 38.9 Å². The Kier molecular flexibility index (Phi) is 7.69. The van der Waals surface area contributed by atoms with Crippen LogP contribution in [-0.4, -0.2) is 42.9 Å². The molecule has 0 spiro atoms. The summed E-state index contributed by atoms with van der Waals surface area (Å²) in [5.41, 5.74) is 2.52. The van der Waals surface area contributed by atoms with Crippen molar-refractivity contribution < 1.29 is 22.3 Å². The number of halogens is 3. The summed E-state index contributed by atoms with van der Waals surface area (Å²) in [6, 6.07) is 18.1. The number of nitrogens with zero attached hydrogens (tertiary/aromatic N) is 1. The highest BCUT2D eigenvalue weighted by atomic mass is 35.5. The summed E-state index contributed by atoms with van der Waals surface area (Å²) in [6.07, 6.45) is -0.652. The number of hydrogen-bond acceptors (Lipinski definition) is 4. The van der Waals surface area contributed by atoms with Gasteiger partial charge in [-0.25, -0.2) is 12.8 Å². The fraction of sp³-hybridized carbons (Fsp3) is 0.269. The second-order valence-corrected chi connectivity index (χ2v) is 11.6. The predicted molar refractivity (Wildman–Crippen MR) is 136 cm³/mol. The standard InChI is InChI=1S/C26H24Cl2FNO4S/c1-17(34-25-5-3-2-4-24(25)29)26(31)30(21-12-13-35(32,33)16-21)15-18-6-8-19(9-7-18)22-11-10-20(27)14-23(22)28/h2-11,14,17,21H,12-13,15-16H2,1H3. The van der Waals surface area contributed by atoms with Gasteiger partial charge in [-0.2, -0.15) is 0 Å². The van der Waals surface area contributed by atoms with Gasteiger partial charge in [0, 0.05) is 28.2 Å². The minimum absolute atomic E-state index is 0.0258. The van der Waals surface area contributed by atoms with Gasteiger partial charge in [-0.1, -0.05) is 65.7 Å². The maximum Gasteiger partial charge on any atom is 0.263 e. The number of hydrogen-bond donors (Lipinski definition) is 0. The molecule has 1 amide bonds. The summed E-state index contributed by atoms with van der Waals surface area (Å²) in [5.74, 6) is -1.09. The SMILES string of the molecule is CC(Oc1ccccc1F)C(=O)N(Cc1ccc(-c2ccc(Cl)cc2Cl)cc1)C1CCS(=O)(=O)C1. The number of sulfone groups is 1. The second kappa shape index (κ2) is 10.6. The second-order valence-electron chi connectivity index (χ2n) is 8.53. The molecule has 2 unspecified atom stereocenters. The molecule has 1 heterocycles. The highest BCUT2D eigenvalue weighted by Crippen LogP contribution is 2.31. The molecule has 0 N–H and O–H groups in total. The number of amides is 1.